The van der Waals surface area contributed by atoms with E-state index in [0.717, 1.165) is 101 Å². The molecule has 0 atom stereocenters. The molecule has 4 nitrogen and oxygen atoms in total. The van der Waals surface area contributed by atoms with Crippen LogP contribution in [0.4, 0.5) is 34.1 Å². The molecular weight excluding hydrogens is 829 g/mol. The van der Waals surface area contributed by atoms with Crippen molar-refractivity contribution >= 4 is 77.2 Å². The summed E-state index contributed by atoms with van der Waals surface area (Å²) in [6, 6.07) is 87.0. The zero-order chi connectivity index (χ0) is 44.7. The summed E-state index contributed by atoms with van der Waals surface area (Å²) in [5.74, 6) is 3.21. The maximum Gasteiger partial charge on any atom is 0.152 e. The van der Waals surface area contributed by atoms with E-state index in [1.165, 1.54) is 32.3 Å². The minimum Gasteiger partial charge on any atom is -0.453 e. The molecule has 0 N–H and O–H groups in total. The first-order valence-electron chi connectivity index (χ1n) is 23.1. The van der Waals surface area contributed by atoms with Crippen molar-refractivity contribution in [3.63, 3.8) is 0 Å². The lowest BCUT2D eigenvalue weighted by molar-refractivity contribution is 0.477. The van der Waals surface area contributed by atoms with Crippen LogP contribution in [0.15, 0.2) is 243 Å². The van der Waals surface area contributed by atoms with E-state index in [-0.39, 0.29) is 0 Å². The average Bonchev–Trinajstić information content (AvgIpc) is 3.41. The van der Waals surface area contributed by atoms with Gasteiger partial charge in [-0.15, -0.1) is 0 Å². The van der Waals surface area contributed by atoms with Crippen molar-refractivity contribution in [1.82, 2.24) is 0 Å². The lowest BCUT2D eigenvalue weighted by Gasteiger charge is -2.34. The summed E-state index contributed by atoms with van der Waals surface area (Å²) >= 11 is 0. The summed E-state index contributed by atoms with van der Waals surface area (Å²) in [5, 5.41) is 9.73. The molecule has 2 heterocycles. The van der Waals surface area contributed by atoms with Crippen molar-refractivity contribution in [2.24, 2.45) is 0 Å². The molecule has 0 spiro atoms. The minimum absolute atomic E-state index is 0.788. The number of benzene rings is 12. The smallest absolute Gasteiger partial charge is 0.152 e. The fourth-order valence-electron chi connectivity index (χ4n) is 10.5. The molecule has 0 radical (unpaired) electrons. The Bertz CT molecular complexity index is 3900. The largest absolute Gasteiger partial charge is 0.453 e. The second-order valence-corrected chi connectivity index (χ2v) is 17.7. The Morgan fingerprint density at radius 2 is 0.676 bits per heavy atom. The Labute approximate surface area is 393 Å². The number of hydrogen-bond donors (Lipinski definition) is 0. The van der Waals surface area contributed by atoms with Gasteiger partial charge in [-0.05, 0) is 155 Å². The fraction of sp³-hybridized carbons (Fsp3) is 0. The van der Waals surface area contributed by atoms with Crippen LogP contribution >= 0.6 is 0 Å². The van der Waals surface area contributed by atoms with Gasteiger partial charge in [-0.3, -0.25) is 0 Å². The van der Waals surface area contributed by atoms with Gasteiger partial charge in [0.25, 0.3) is 0 Å². The Morgan fingerprint density at radius 1 is 0.221 bits per heavy atom. The molecule has 0 unspecified atom stereocenters. The average molecular weight is 869 g/mol. The Morgan fingerprint density at radius 3 is 1.29 bits per heavy atom. The number of para-hydroxylation sites is 2. The van der Waals surface area contributed by atoms with E-state index in [4.69, 9.17) is 9.47 Å². The number of nitrogens with zero attached hydrogens (tertiary/aromatic N) is 2. The second-order valence-electron chi connectivity index (χ2n) is 17.7. The van der Waals surface area contributed by atoms with Crippen molar-refractivity contribution < 1.29 is 9.47 Å². The van der Waals surface area contributed by atoms with Crippen LogP contribution in [-0.4, -0.2) is 0 Å². The van der Waals surface area contributed by atoms with Gasteiger partial charge in [-0.1, -0.05) is 164 Å². The summed E-state index contributed by atoms with van der Waals surface area (Å²) in [4.78, 5) is 4.74. The normalized spacial score (nSPS) is 12.6. The van der Waals surface area contributed by atoms with Crippen molar-refractivity contribution in [3.05, 3.63) is 243 Å². The van der Waals surface area contributed by atoms with E-state index in [2.05, 4.69) is 246 Å². The Kier molecular flexibility index (Phi) is 8.55. The molecule has 4 heteroatoms. The maximum atomic E-state index is 6.88. The second kappa shape index (κ2) is 15.2. The van der Waals surface area contributed by atoms with E-state index < -0.39 is 0 Å². The number of rotatable bonds is 5. The first-order valence-corrected chi connectivity index (χ1v) is 23.1. The van der Waals surface area contributed by atoms with E-state index in [1.54, 1.807) is 0 Å². The first kappa shape index (κ1) is 38.2. The van der Waals surface area contributed by atoms with Crippen molar-refractivity contribution in [1.29, 1.82) is 0 Å². The zero-order valence-electron chi connectivity index (χ0n) is 36.8. The molecule has 0 saturated heterocycles. The number of ether oxygens (including phenoxy) is 2. The molecule has 0 amide bonds. The highest BCUT2D eigenvalue weighted by Gasteiger charge is 2.30. The number of fused-ring (bicyclic) bond motifs is 11. The number of anilines is 6. The molecule has 2 aliphatic rings. The molecule has 0 bridgehead atoms. The maximum absolute atomic E-state index is 6.88. The molecule has 2 aliphatic heterocycles. The predicted molar refractivity (Wildman–Crippen MR) is 282 cm³/mol. The summed E-state index contributed by atoms with van der Waals surface area (Å²) in [6.07, 6.45) is 0. The molecule has 12 aromatic rings. The lowest BCUT2D eigenvalue weighted by atomic mass is 9.93. The Hall–Kier alpha value is -9.12. The van der Waals surface area contributed by atoms with Gasteiger partial charge in [-0.2, -0.15) is 0 Å². The highest BCUT2D eigenvalue weighted by atomic mass is 16.5. The van der Waals surface area contributed by atoms with Gasteiger partial charge in [0.05, 0.1) is 22.7 Å². The molecule has 0 aliphatic carbocycles. The van der Waals surface area contributed by atoms with E-state index in [1.807, 2.05) is 6.07 Å². The highest BCUT2D eigenvalue weighted by Crippen LogP contribution is 2.55. The van der Waals surface area contributed by atoms with Gasteiger partial charge < -0.3 is 19.3 Å². The van der Waals surface area contributed by atoms with Gasteiger partial charge in [0.2, 0.25) is 0 Å². The third-order valence-corrected chi connectivity index (χ3v) is 13.7. The zero-order valence-corrected chi connectivity index (χ0v) is 36.8. The summed E-state index contributed by atoms with van der Waals surface area (Å²) in [5.41, 5.74) is 12.7. The van der Waals surface area contributed by atoms with E-state index >= 15 is 0 Å². The van der Waals surface area contributed by atoms with Gasteiger partial charge in [0.15, 0.2) is 23.0 Å². The number of hydrogen-bond acceptors (Lipinski definition) is 4. The third-order valence-electron chi connectivity index (χ3n) is 13.7. The summed E-state index contributed by atoms with van der Waals surface area (Å²) in [6.45, 7) is 0. The summed E-state index contributed by atoms with van der Waals surface area (Å²) in [7, 11) is 0. The molecule has 12 aromatic carbocycles. The van der Waals surface area contributed by atoms with Gasteiger partial charge in [-0.25, -0.2) is 0 Å². The highest BCUT2D eigenvalue weighted by molar-refractivity contribution is 6.26. The van der Waals surface area contributed by atoms with Crippen LogP contribution in [0, 0.1) is 0 Å². The van der Waals surface area contributed by atoms with Crippen LogP contribution in [0.2, 0.25) is 0 Å². The molecule has 0 aromatic heterocycles. The minimum atomic E-state index is 0.788. The molecule has 68 heavy (non-hydrogen) atoms. The SMILES string of the molecule is c1ccc(-c2cc(-c3ccccc3)cc(N3c4cc(-c5ccc6c(c5)N(c5ccc7c8ccccc8c8ccccc8c7c5)c5ccccc5O6)ccc4Oc4cc5ccccc5cc43)c2)cc1. The molecule has 318 valence electrons. The lowest BCUT2D eigenvalue weighted by Crippen LogP contribution is -2.16. The van der Waals surface area contributed by atoms with Crippen molar-refractivity contribution in [2.75, 3.05) is 9.80 Å². The van der Waals surface area contributed by atoms with Crippen LogP contribution in [-0.2, 0) is 0 Å². The van der Waals surface area contributed by atoms with Gasteiger partial charge in [0, 0.05) is 11.4 Å². The van der Waals surface area contributed by atoms with Crippen molar-refractivity contribution in [2.45, 2.75) is 0 Å². The quantitative estimate of drug-likeness (QED) is 0.161. The van der Waals surface area contributed by atoms with Gasteiger partial charge in [0.1, 0.15) is 0 Å². The first-order chi connectivity index (χ1) is 33.7. The predicted octanol–water partition coefficient (Wildman–Crippen LogP) is 18.5. The Balaban J connectivity index is 0.949. The van der Waals surface area contributed by atoms with E-state index in [9.17, 15) is 0 Å². The molecule has 14 rings (SSSR count). The van der Waals surface area contributed by atoms with E-state index in [0.29, 0.717) is 0 Å². The fourth-order valence-corrected chi connectivity index (χ4v) is 10.5. The van der Waals surface area contributed by atoms with Crippen LogP contribution in [0.25, 0.3) is 76.5 Å². The van der Waals surface area contributed by atoms with Crippen LogP contribution < -0.4 is 19.3 Å². The van der Waals surface area contributed by atoms with Crippen LogP contribution in [0.1, 0.15) is 0 Å². The third kappa shape index (κ3) is 6.15. The molecule has 0 fully saturated rings. The topological polar surface area (TPSA) is 24.9 Å². The van der Waals surface area contributed by atoms with Crippen LogP contribution in [0.3, 0.4) is 0 Å². The molecule has 0 saturated carbocycles. The standard InChI is InChI=1S/C64H40N2O2/c1-3-15-41(16-4-1)47-33-48(42-17-5-2-6-18-42)35-50(34-47)66-59-38-46(28-32-63(59)68-64-39-44-20-8-7-19-43(44)36-60(64)66)45-27-31-62-58(37-45)65(57-25-13-14-26-61(57)67-62)49-29-30-55-53-23-10-9-21-51(53)52-22-11-12-24-54(52)56(55)40-49/h1-40H. The van der Waals surface area contributed by atoms with Gasteiger partial charge >= 0.3 is 0 Å². The molecular formula is C64H40N2O2. The van der Waals surface area contributed by atoms with Crippen molar-refractivity contribution in [3.8, 4) is 56.4 Å². The monoisotopic (exact) mass is 868 g/mol. The summed E-state index contributed by atoms with van der Waals surface area (Å²) < 4.78 is 13.6. The van der Waals surface area contributed by atoms with Crippen LogP contribution in [0.5, 0.6) is 23.0 Å².